The van der Waals surface area contributed by atoms with E-state index in [2.05, 4.69) is 19.2 Å². The number of rotatable bonds is 4. The molecule has 0 saturated heterocycles. The Morgan fingerprint density at radius 3 is 2.50 bits per heavy atom. The highest BCUT2D eigenvalue weighted by Gasteiger charge is 2.08. The first kappa shape index (κ1) is 14.3. The Kier molecular flexibility index (Phi) is 4.18. The fraction of sp³-hybridized carbons (Fsp3) is 0.235. The van der Waals surface area contributed by atoms with E-state index in [-0.39, 0.29) is 5.78 Å². The summed E-state index contributed by atoms with van der Waals surface area (Å²) >= 11 is 0. The second kappa shape index (κ2) is 5.87. The lowest BCUT2D eigenvalue weighted by molar-refractivity contribution is 0.101. The molecule has 0 unspecified atom stereocenters. The smallest absolute Gasteiger partial charge is 0.159 e. The molecule has 20 heavy (non-hydrogen) atoms. The molecule has 0 aliphatic carbocycles. The highest BCUT2D eigenvalue weighted by Crippen LogP contribution is 2.27. The number of ketones is 1. The van der Waals surface area contributed by atoms with E-state index in [0.717, 1.165) is 11.3 Å². The molecule has 0 amide bonds. The average molecular weight is 271 g/mol. The summed E-state index contributed by atoms with van der Waals surface area (Å²) in [5.74, 6) is -0.202. The predicted molar refractivity (Wildman–Crippen MR) is 80.2 cm³/mol. The van der Waals surface area contributed by atoms with Crippen molar-refractivity contribution in [3.05, 3.63) is 59.4 Å². The van der Waals surface area contributed by atoms with Crippen molar-refractivity contribution in [2.75, 3.05) is 5.32 Å². The van der Waals surface area contributed by atoms with Crippen LogP contribution in [0.2, 0.25) is 0 Å². The van der Waals surface area contributed by atoms with Crippen LogP contribution in [-0.2, 0) is 0 Å². The number of hydrogen-bond acceptors (Lipinski definition) is 2. The van der Waals surface area contributed by atoms with E-state index in [0.29, 0.717) is 17.2 Å². The third kappa shape index (κ3) is 3.23. The minimum Gasteiger partial charge on any atom is -0.355 e. The maximum atomic E-state index is 13.6. The van der Waals surface area contributed by atoms with E-state index in [9.17, 15) is 9.18 Å². The van der Waals surface area contributed by atoms with Gasteiger partial charge in [-0.05, 0) is 42.7 Å². The summed E-state index contributed by atoms with van der Waals surface area (Å²) < 4.78 is 13.6. The minimum absolute atomic E-state index is 0.148. The third-order valence-corrected chi connectivity index (χ3v) is 3.17. The summed E-state index contributed by atoms with van der Waals surface area (Å²) in [4.78, 5) is 11.4. The van der Waals surface area contributed by atoms with E-state index in [1.807, 2.05) is 24.3 Å². The van der Waals surface area contributed by atoms with Gasteiger partial charge in [0.2, 0.25) is 0 Å². The Morgan fingerprint density at radius 1 is 1.15 bits per heavy atom. The lowest BCUT2D eigenvalue weighted by Gasteiger charge is -2.15. The monoisotopic (exact) mass is 271 g/mol. The van der Waals surface area contributed by atoms with Gasteiger partial charge in [0.15, 0.2) is 5.78 Å². The quantitative estimate of drug-likeness (QED) is 0.802. The third-order valence-electron chi connectivity index (χ3n) is 3.17. The SMILES string of the molecule is CC(=O)c1cc(F)cc(Nc2ccccc2C(C)C)c1. The van der Waals surface area contributed by atoms with E-state index >= 15 is 0 Å². The molecule has 0 spiro atoms. The van der Waals surface area contributed by atoms with Crippen molar-refractivity contribution in [1.29, 1.82) is 0 Å². The van der Waals surface area contributed by atoms with Crippen LogP contribution >= 0.6 is 0 Å². The van der Waals surface area contributed by atoms with Gasteiger partial charge in [-0.15, -0.1) is 0 Å². The van der Waals surface area contributed by atoms with Crippen molar-refractivity contribution in [2.45, 2.75) is 26.7 Å². The molecule has 2 rings (SSSR count). The van der Waals surface area contributed by atoms with Gasteiger partial charge in [0, 0.05) is 16.9 Å². The average Bonchev–Trinajstić information content (AvgIpc) is 2.38. The molecule has 3 heteroatoms. The first-order valence-electron chi connectivity index (χ1n) is 6.65. The van der Waals surface area contributed by atoms with Crippen LogP contribution in [-0.4, -0.2) is 5.78 Å². The number of nitrogens with one attached hydrogen (secondary N) is 1. The van der Waals surface area contributed by atoms with Gasteiger partial charge in [0.05, 0.1) is 0 Å². The molecule has 1 N–H and O–H groups in total. The Hall–Kier alpha value is -2.16. The highest BCUT2D eigenvalue weighted by molar-refractivity contribution is 5.95. The highest BCUT2D eigenvalue weighted by atomic mass is 19.1. The molecule has 0 aliphatic rings. The van der Waals surface area contributed by atoms with Gasteiger partial charge < -0.3 is 5.32 Å². The molecule has 0 aromatic heterocycles. The predicted octanol–water partition coefficient (Wildman–Crippen LogP) is 4.90. The van der Waals surface area contributed by atoms with Crippen molar-refractivity contribution in [1.82, 2.24) is 0 Å². The Morgan fingerprint density at radius 2 is 1.85 bits per heavy atom. The molecule has 0 fully saturated rings. The molecule has 0 radical (unpaired) electrons. The van der Waals surface area contributed by atoms with Gasteiger partial charge in [0.25, 0.3) is 0 Å². The summed E-state index contributed by atoms with van der Waals surface area (Å²) in [6.45, 7) is 5.64. The molecule has 0 saturated carbocycles. The van der Waals surface area contributed by atoms with Crippen molar-refractivity contribution in [2.24, 2.45) is 0 Å². The largest absolute Gasteiger partial charge is 0.355 e. The summed E-state index contributed by atoms with van der Waals surface area (Å²) in [7, 11) is 0. The Balaban J connectivity index is 2.37. The standard InChI is InChI=1S/C17H18FNO/c1-11(2)16-6-4-5-7-17(16)19-15-9-13(12(3)20)8-14(18)10-15/h4-11,19H,1-3H3. The van der Waals surface area contributed by atoms with Gasteiger partial charge in [-0.1, -0.05) is 32.0 Å². The molecule has 2 aromatic carbocycles. The molecular weight excluding hydrogens is 253 g/mol. The lowest BCUT2D eigenvalue weighted by Crippen LogP contribution is -2.00. The van der Waals surface area contributed by atoms with E-state index in [4.69, 9.17) is 0 Å². The zero-order valence-corrected chi connectivity index (χ0v) is 11.9. The molecule has 0 atom stereocenters. The van der Waals surface area contributed by atoms with Crippen LogP contribution in [0, 0.1) is 5.82 Å². The molecule has 0 aliphatic heterocycles. The molecule has 0 heterocycles. The Bertz CT molecular complexity index is 635. The minimum atomic E-state index is -0.415. The normalized spacial score (nSPS) is 10.7. The zero-order valence-electron chi connectivity index (χ0n) is 11.9. The zero-order chi connectivity index (χ0) is 14.7. The van der Waals surface area contributed by atoms with Crippen molar-refractivity contribution < 1.29 is 9.18 Å². The van der Waals surface area contributed by atoms with Gasteiger partial charge in [-0.2, -0.15) is 0 Å². The van der Waals surface area contributed by atoms with Crippen molar-refractivity contribution >= 4 is 17.2 Å². The van der Waals surface area contributed by atoms with Crippen LogP contribution in [0.15, 0.2) is 42.5 Å². The molecule has 2 nitrogen and oxygen atoms in total. The number of carbonyl (C=O) groups is 1. The van der Waals surface area contributed by atoms with Crippen LogP contribution < -0.4 is 5.32 Å². The van der Waals surface area contributed by atoms with Crippen molar-refractivity contribution in [3.63, 3.8) is 0 Å². The number of halogens is 1. The van der Waals surface area contributed by atoms with Gasteiger partial charge >= 0.3 is 0 Å². The second-order valence-corrected chi connectivity index (χ2v) is 5.15. The van der Waals surface area contributed by atoms with E-state index in [1.165, 1.54) is 19.1 Å². The maximum absolute atomic E-state index is 13.6. The number of hydrogen-bond donors (Lipinski definition) is 1. The fourth-order valence-corrected chi connectivity index (χ4v) is 2.13. The first-order chi connectivity index (χ1) is 9.47. The summed E-state index contributed by atoms with van der Waals surface area (Å²) in [5.41, 5.74) is 3.04. The van der Waals surface area contributed by atoms with Gasteiger partial charge in [-0.3, -0.25) is 4.79 Å². The molecule has 0 bridgehead atoms. The van der Waals surface area contributed by atoms with Gasteiger partial charge in [-0.25, -0.2) is 4.39 Å². The van der Waals surface area contributed by atoms with Crippen molar-refractivity contribution in [3.8, 4) is 0 Å². The topological polar surface area (TPSA) is 29.1 Å². The fourth-order valence-electron chi connectivity index (χ4n) is 2.13. The van der Waals surface area contributed by atoms with Crippen LogP contribution in [0.1, 0.15) is 42.6 Å². The number of benzene rings is 2. The lowest BCUT2D eigenvalue weighted by atomic mass is 10.0. The summed E-state index contributed by atoms with van der Waals surface area (Å²) in [6.07, 6.45) is 0. The second-order valence-electron chi connectivity index (χ2n) is 5.15. The van der Waals surface area contributed by atoms with E-state index in [1.54, 1.807) is 6.07 Å². The number of para-hydroxylation sites is 1. The number of anilines is 2. The maximum Gasteiger partial charge on any atom is 0.159 e. The van der Waals surface area contributed by atoms with Crippen LogP contribution in [0.5, 0.6) is 0 Å². The van der Waals surface area contributed by atoms with Crippen LogP contribution in [0.3, 0.4) is 0 Å². The van der Waals surface area contributed by atoms with Crippen LogP contribution in [0.25, 0.3) is 0 Å². The summed E-state index contributed by atoms with van der Waals surface area (Å²) in [5, 5.41) is 3.20. The molecular formula is C17H18FNO. The summed E-state index contributed by atoms with van der Waals surface area (Å²) in [6, 6.07) is 12.2. The first-order valence-corrected chi connectivity index (χ1v) is 6.65. The molecule has 2 aromatic rings. The molecule has 104 valence electrons. The van der Waals surface area contributed by atoms with Crippen LogP contribution in [0.4, 0.5) is 15.8 Å². The van der Waals surface area contributed by atoms with Gasteiger partial charge in [0.1, 0.15) is 5.82 Å². The van der Waals surface area contributed by atoms with E-state index < -0.39 is 5.82 Å². The number of Topliss-reactive ketones (excluding diaryl/α,β-unsaturated/α-hetero) is 1. The Labute approximate surface area is 118 Å². The number of carbonyl (C=O) groups excluding carboxylic acids is 1.